The Kier molecular flexibility index (Phi) is 2.98. The average molecular weight is 286 g/mol. The van der Waals surface area contributed by atoms with Crippen LogP contribution in [0.15, 0.2) is 23.8 Å². The summed E-state index contributed by atoms with van der Waals surface area (Å²) in [4.78, 5) is 11.1. The number of rotatable bonds is 1. The summed E-state index contributed by atoms with van der Waals surface area (Å²) in [6.07, 6.45) is 15.3. The maximum atomic E-state index is 11.4. The van der Waals surface area contributed by atoms with Gasteiger partial charge in [0, 0.05) is 5.92 Å². The van der Waals surface area contributed by atoms with Gasteiger partial charge in [0.15, 0.2) is 0 Å². The Morgan fingerprint density at radius 1 is 1.24 bits per heavy atom. The van der Waals surface area contributed by atoms with Crippen molar-refractivity contribution in [1.29, 1.82) is 0 Å². The molecular weight excluding hydrogens is 260 g/mol. The number of allylic oxidation sites excluding steroid dienone is 3. The van der Waals surface area contributed by atoms with Crippen LogP contribution in [0.25, 0.3) is 0 Å². The summed E-state index contributed by atoms with van der Waals surface area (Å²) in [5, 5.41) is 11.4. The Labute approximate surface area is 127 Å². The number of carbonyl (C=O) groups excluding carboxylic acids is 1. The highest BCUT2D eigenvalue weighted by Crippen LogP contribution is 2.61. The van der Waals surface area contributed by atoms with E-state index in [9.17, 15) is 9.90 Å². The molecule has 0 amide bonds. The maximum Gasteiger partial charge on any atom is 0.126 e. The van der Waals surface area contributed by atoms with Crippen molar-refractivity contribution in [1.82, 2.24) is 0 Å². The molecule has 0 radical (unpaired) electrons. The van der Waals surface area contributed by atoms with Crippen LogP contribution >= 0.6 is 0 Å². The summed E-state index contributed by atoms with van der Waals surface area (Å²) in [6.45, 7) is 2.41. The van der Waals surface area contributed by atoms with Crippen LogP contribution < -0.4 is 0 Å². The molecule has 114 valence electrons. The third kappa shape index (κ3) is 1.84. The highest BCUT2D eigenvalue weighted by atomic mass is 16.3. The van der Waals surface area contributed by atoms with Crippen LogP contribution in [0.1, 0.15) is 51.9 Å². The van der Waals surface area contributed by atoms with Crippen molar-refractivity contribution < 1.29 is 9.90 Å². The molecule has 0 aromatic rings. The first-order valence-corrected chi connectivity index (χ1v) is 8.63. The van der Waals surface area contributed by atoms with E-state index in [0.717, 1.165) is 37.9 Å². The van der Waals surface area contributed by atoms with Gasteiger partial charge < -0.3 is 9.90 Å². The first-order chi connectivity index (χ1) is 10.1. The second-order valence-corrected chi connectivity index (χ2v) is 8.05. The number of carbonyl (C=O) groups is 1. The Hall–Kier alpha value is -0.890. The van der Waals surface area contributed by atoms with Gasteiger partial charge in [-0.2, -0.15) is 0 Å². The molecule has 2 nitrogen and oxygen atoms in total. The van der Waals surface area contributed by atoms with Crippen LogP contribution in [-0.4, -0.2) is 17.0 Å². The van der Waals surface area contributed by atoms with E-state index < -0.39 is 5.60 Å². The third-order valence-corrected chi connectivity index (χ3v) is 7.13. The van der Waals surface area contributed by atoms with Crippen molar-refractivity contribution in [2.45, 2.75) is 57.5 Å². The molecule has 0 bridgehead atoms. The van der Waals surface area contributed by atoms with Crippen LogP contribution in [0.3, 0.4) is 0 Å². The summed E-state index contributed by atoms with van der Waals surface area (Å²) in [5.74, 6) is 1.85. The minimum absolute atomic E-state index is 0.0406. The van der Waals surface area contributed by atoms with Crippen molar-refractivity contribution in [2.24, 2.45) is 29.1 Å². The quantitative estimate of drug-likeness (QED) is 0.590. The van der Waals surface area contributed by atoms with Crippen LogP contribution in [0.5, 0.6) is 0 Å². The van der Waals surface area contributed by atoms with Gasteiger partial charge in [-0.3, -0.25) is 0 Å². The first kappa shape index (κ1) is 13.8. The molecule has 0 heterocycles. The van der Waals surface area contributed by atoms with E-state index in [1.54, 1.807) is 0 Å². The standard InChI is InChI=1S/C19H26O2/c1-18-8-2-3-16(18)15-5-4-14-11-13(12-20)6-10-19(14,21)17(15)7-9-18/h2,8,11-13,15-17,21H,3-7,9-10H2,1H3/t13?,15-,16-,17-,18-,19+/m0/s1. The monoisotopic (exact) mass is 286 g/mol. The molecule has 4 aliphatic rings. The van der Waals surface area contributed by atoms with Gasteiger partial charge in [0.05, 0.1) is 5.60 Å². The number of hydrogen-bond acceptors (Lipinski definition) is 2. The van der Waals surface area contributed by atoms with Crippen LogP contribution in [0.4, 0.5) is 0 Å². The fourth-order valence-corrected chi connectivity index (χ4v) is 5.95. The predicted octanol–water partition coefficient (Wildman–Crippen LogP) is 3.66. The SMILES string of the molecule is C[C@@]12C=CC[C@H]1[C@@H]1CCC3=CC(C=O)CC[C@]3(O)[C@H]1CC2. The smallest absolute Gasteiger partial charge is 0.126 e. The minimum Gasteiger partial charge on any atom is -0.385 e. The van der Waals surface area contributed by atoms with E-state index in [-0.39, 0.29) is 5.92 Å². The second kappa shape index (κ2) is 4.55. The average Bonchev–Trinajstić information content (AvgIpc) is 2.88. The second-order valence-electron chi connectivity index (χ2n) is 8.05. The van der Waals surface area contributed by atoms with Gasteiger partial charge in [0.2, 0.25) is 0 Å². The lowest BCUT2D eigenvalue weighted by Gasteiger charge is -2.56. The summed E-state index contributed by atoms with van der Waals surface area (Å²) in [5.41, 5.74) is 0.951. The zero-order chi connectivity index (χ0) is 14.7. The maximum absolute atomic E-state index is 11.4. The Morgan fingerprint density at radius 3 is 2.90 bits per heavy atom. The molecule has 6 atom stereocenters. The fraction of sp³-hybridized carbons (Fsp3) is 0.737. The van der Waals surface area contributed by atoms with E-state index in [4.69, 9.17) is 0 Å². The van der Waals surface area contributed by atoms with Crippen molar-refractivity contribution in [3.8, 4) is 0 Å². The van der Waals surface area contributed by atoms with Gasteiger partial charge in [0.1, 0.15) is 6.29 Å². The zero-order valence-electron chi connectivity index (χ0n) is 12.9. The van der Waals surface area contributed by atoms with E-state index in [1.165, 1.54) is 24.8 Å². The molecule has 2 saturated carbocycles. The molecule has 0 spiro atoms. The number of hydrogen-bond donors (Lipinski definition) is 1. The summed E-state index contributed by atoms with van der Waals surface area (Å²) in [6, 6.07) is 0. The van der Waals surface area contributed by atoms with Crippen molar-refractivity contribution in [3.05, 3.63) is 23.8 Å². The van der Waals surface area contributed by atoms with Crippen molar-refractivity contribution in [3.63, 3.8) is 0 Å². The molecule has 0 aromatic carbocycles. The summed E-state index contributed by atoms with van der Waals surface area (Å²) < 4.78 is 0. The minimum atomic E-state index is -0.605. The van der Waals surface area contributed by atoms with E-state index in [2.05, 4.69) is 25.2 Å². The van der Waals surface area contributed by atoms with Crippen LogP contribution in [0.2, 0.25) is 0 Å². The lowest BCUT2D eigenvalue weighted by Crippen LogP contribution is -2.54. The van der Waals surface area contributed by atoms with Crippen LogP contribution in [0, 0.1) is 29.1 Å². The largest absolute Gasteiger partial charge is 0.385 e. The van der Waals surface area contributed by atoms with Gasteiger partial charge >= 0.3 is 0 Å². The Balaban J connectivity index is 1.67. The predicted molar refractivity (Wildman–Crippen MR) is 82.6 cm³/mol. The molecule has 2 heteroatoms. The third-order valence-electron chi connectivity index (χ3n) is 7.13. The Bertz CT molecular complexity index is 520. The van der Waals surface area contributed by atoms with E-state index >= 15 is 0 Å². The normalized spacial score (nSPS) is 51.6. The molecule has 4 rings (SSSR count). The lowest BCUT2D eigenvalue weighted by atomic mass is 9.50. The molecule has 1 N–H and O–H groups in total. The fourth-order valence-electron chi connectivity index (χ4n) is 5.95. The molecule has 0 saturated heterocycles. The highest BCUT2D eigenvalue weighted by molar-refractivity contribution is 5.58. The summed E-state index contributed by atoms with van der Waals surface area (Å²) >= 11 is 0. The van der Waals surface area contributed by atoms with E-state index in [1.807, 2.05) is 0 Å². The molecule has 1 unspecified atom stereocenters. The van der Waals surface area contributed by atoms with Gasteiger partial charge in [-0.05, 0) is 73.7 Å². The highest BCUT2D eigenvalue weighted by Gasteiger charge is 2.56. The molecular formula is C19H26O2. The molecule has 21 heavy (non-hydrogen) atoms. The number of aliphatic hydroxyl groups is 1. The zero-order valence-corrected chi connectivity index (χ0v) is 12.9. The number of aldehydes is 1. The van der Waals surface area contributed by atoms with Crippen molar-refractivity contribution in [2.75, 3.05) is 0 Å². The number of fused-ring (bicyclic) bond motifs is 5. The molecule has 0 aliphatic heterocycles. The van der Waals surface area contributed by atoms with Gasteiger partial charge in [0.25, 0.3) is 0 Å². The van der Waals surface area contributed by atoms with Gasteiger partial charge in [-0.25, -0.2) is 0 Å². The van der Waals surface area contributed by atoms with Crippen molar-refractivity contribution >= 4 is 6.29 Å². The van der Waals surface area contributed by atoms with Gasteiger partial charge in [-0.1, -0.05) is 25.2 Å². The topological polar surface area (TPSA) is 37.3 Å². The van der Waals surface area contributed by atoms with Gasteiger partial charge in [-0.15, -0.1) is 0 Å². The molecule has 2 fully saturated rings. The molecule has 4 aliphatic carbocycles. The van der Waals surface area contributed by atoms with Crippen LogP contribution in [-0.2, 0) is 4.79 Å². The Morgan fingerprint density at radius 2 is 2.10 bits per heavy atom. The summed E-state index contributed by atoms with van der Waals surface area (Å²) in [7, 11) is 0. The molecule has 0 aromatic heterocycles. The lowest BCUT2D eigenvalue weighted by molar-refractivity contribution is -0.114. The van der Waals surface area contributed by atoms with E-state index in [0.29, 0.717) is 17.3 Å². The first-order valence-electron chi connectivity index (χ1n) is 8.63.